The minimum atomic E-state index is -0.158. The van der Waals surface area contributed by atoms with E-state index in [-0.39, 0.29) is 26.8 Å². The summed E-state index contributed by atoms with van der Waals surface area (Å²) >= 11 is 0. The van der Waals surface area contributed by atoms with Crippen molar-refractivity contribution in [2.24, 2.45) is 0 Å². The molecule has 11 heteroatoms. The maximum Gasteiger partial charge on any atom is 0.231 e. The largest absolute Gasteiger partial charge is 0.493 e. The van der Waals surface area contributed by atoms with Crippen LogP contribution in [0.4, 0.5) is 0 Å². The van der Waals surface area contributed by atoms with Crippen LogP contribution in [-0.2, 0) is 13.2 Å². The number of methoxy groups -OCH3 is 5. The second kappa shape index (κ2) is 20.2. The summed E-state index contributed by atoms with van der Waals surface area (Å²) in [5.74, 6) is 18.1. The zero-order valence-electron chi connectivity index (χ0n) is 34.6. The van der Waals surface area contributed by atoms with E-state index in [2.05, 4.69) is 23.7 Å². The van der Waals surface area contributed by atoms with E-state index in [1.807, 2.05) is 68.4 Å². The van der Waals surface area contributed by atoms with E-state index in [1.54, 1.807) is 41.6 Å². The van der Waals surface area contributed by atoms with Crippen molar-refractivity contribution in [3.8, 4) is 75.4 Å². The molecule has 0 spiro atoms. The molecule has 0 amide bonds. The van der Waals surface area contributed by atoms with Crippen LogP contribution in [0.3, 0.4) is 0 Å². The van der Waals surface area contributed by atoms with Crippen LogP contribution >= 0.6 is 0 Å². The first-order valence-corrected chi connectivity index (χ1v) is 17.5. The lowest BCUT2D eigenvalue weighted by Crippen LogP contribution is -2.00. The second-order valence-electron chi connectivity index (χ2n) is 12.9. The summed E-state index contributed by atoms with van der Waals surface area (Å²) in [6.45, 7) is 17.9. The Labute approximate surface area is 325 Å². The van der Waals surface area contributed by atoms with Gasteiger partial charge in [-0.3, -0.25) is 0 Å². The standard InChI is InChI=1S/C17H20O4.C17H22O3.C10H12O4/c1-10(2)11(3)6-7-13-12(4)15(19-5)17-16(14(13)8-18)20-9-21-17;1-11(2)12(3)7-8-15-13(4)17(20-6)16(19-5)9-14(15)10-18;1-6-4-7(11-2)9-10(8(6)12-3)14-5-13-9/h18H,8-9H2,1-5H3;9,18H,10H2,1-6H3;4H,5H2,1-3H3. The Morgan fingerprint density at radius 1 is 0.564 bits per heavy atom. The lowest BCUT2D eigenvalue weighted by atomic mass is 9.99. The molecule has 55 heavy (non-hydrogen) atoms. The summed E-state index contributed by atoms with van der Waals surface area (Å²) in [4.78, 5) is 0. The molecule has 0 bridgehead atoms. The Kier molecular flexibility index (Phi) is 16.1. The van der Waals surface area contributed by atoms with Crippen LogP contribution in [0.25, 0.3) is 0 Å². The highest BCUT2D eigenvalue weighted by Gasteiger charge is 2.28. The number of fused-ring (bicyclic) bond motifs is 2. The van der Waals surface area contributed by atoms with Crippen LogP contribution in [0.15, 0.2) is 34.4 Å². The Hall–Kier alpha value is -5.62. The highest BCUT2D eigenvalue weighted by atomic mass is 16.7. The van der Waals surface area contributed by atoms with Gasteiger partial charge in [0.15, 0.2) is 34.5 Å². The Morgan fingerprint density at radius 2 is 1.04 bits per heavy atom. The predicted octanol–water partition coefficient (Wildman–Crippen LogP) is 7.89. The highest BCUT2D eigenvalue weighted by Crippen LogP contribution is 2.49. The zero-order valence-corrected chi connectivity index (χ0v) is 34.6. The van der Waals surface area contributed by atoms with E-state index in [4.69, 9.17) is 42.6 Å². The van der Waals surface area contributed by atoms with Gasteiger partial charge in [-0.05, 0) is 96.7 Å². The van der Waals surface area contributed by atoms with Crippen molar-refractivity contribution < 1.29 is 52.8 Å². The molecule has 11 nitrogen and oxygen atoms in total. The lowest BCUT2D eigenvalue weighted by molar-refractivity contribution is 0.168. The molecule has 0 radical (unpaired) electrons. The molecule has 2 N–H and O–H groups in total. The summed E-state index contributed by atoms with van der Waals surface area (Å²) in [5, 5.41) is 19.2. The Balaban J connectivity index is 0.000000226. The molecule has 5 rings (SSSR count). The second-order valence-corrected chi connectivity index (χ2v) is 12.9. The fraction of sp³-hybridized carbons (Fsp3) is 0.409. The topological polar surface area (TPSA) is 124 Å². The van der Waals surface area contributed by atoms with Crippen molar-refractivity contribution in [1.82, 2.24) is 0 Å². The maximum absolute atomic E-state index is 9.69. The normalized spacial score (nSPS) is 11.2. The summed E-state index contributed by atoms with van der Waals surface area (Å²) in [7, 11) is 7.97. The summed E-state index contributed by atoms with van der Waals surface area (Å²) in [6.07, 6.45) is 0. The molecule has 3 aromatic rings. The van der Waals surface area contributed by atoms with Gasteiger partial charge in [-0.15, -0.1) is 0 Å². The number of allylic oxidation sites excluding steroid dienone is 4. The molecular formula is C44H54O11. The number of aryl methyl sites for hydroxylation is 1. The minimum absolute atomic E-state index is 0.0842. The van der Waals surface area contributed by atoms with Gasteiger partial charge in [0.2, 0.25) is 30.8 Å². The fourth-order valence-electron chi connectivity index (χ4n) is 5.50. The number of hydrogen-bond acceptors (Lipinski definition) is 11. The van der Waals surface area contributed by atoms with Gasteiger partial charge in [-0.25, -0.2) is 0 Å². The predicted molar refractivity (Wildman–Crippen MR) is 212 cm³/mol. The summed E-state index contributed by atoms with van der Waals surface area (Å²) in [6, 6.07) is 3.64. The summed E-state index contributed by atoms with van der Waals surface area (Å²) in [5.41, 5.74) is 10.0. The maximum atomic E-state index is 9.69. The first-order chi connectivity index (χ1) is 26.2. The highest BCUT2D eigenvalue weighted by molar-refractivity contribution is 5.68. The molecule has 2 heterocycles. The van der Waals surface area contributed by atoms with E-state index in [1.165, 1.54) is 11.1 Å². The molecule has 0 aliphatic carbocycles. The Bertz CT molecular complexity index is 2060. The van der Waals surface area contributed by atoms with Crippen LogP contribution in [-0.4, -0.2) is 59.3 Å². The van der Waals surface area contributed by atoms with Crippen LogP contribution in [0.5, 0.6) is 51.7 Å². The van der Waals surface area contributed by atoms with Gasteiger partial charge >= 0.3 is 0 Å². The van der Waals surface area contributed by atoms with Gasteiger partial charge in [0.05, 0.1) is 48.8 Å². The van der Waals surface area contributed by atoms with Gasteiger partial charge in [-0.1, -0.05) is 34.8 Å². The molecular weight excluding hydrogens is 704 g/mol. The number of aliphatic hydroxyl groups is 2. The molecule has 3 aromatic carbocycles. The van der Waals surface area contributed by atoms with Crippen LogP contribution in [0, 0.1) is 44.5 Å². The van der Waals surface area contributed by atoms with Crippen molar-refractivity contribution >= 4 is 0 Å². The third-order valence-electron chi connectivity index (χ3n) is 9.06. The van der Waals surface area contributed by atoms with Crippen molar-refractivity contribution in [3.63, 3.8) is 0 Å². The van der Waals surface area contributed by atoms with E-state index >= 15 is 0 Å². The van der Waals surface area contributed by atoms with Crippen LogP contribution in [0.1, 0.15) is 80.5 Å². The number of benzene rings is 3. The van der Waals surface area contributed by atoms with E-state index in [9.17, 15) is 10.2 Å². The van der Waals surface area contributed by atoms with Gasteiger partial charge in [-0.2, -0.15) is 0 Å². The smallest absolute Gasteiger partial charge is 0.231 e. The molecule has 0 fully saturated rings. The SMILES string of the molecule is COc1c(C)c(C#CC(C)=C(C)C)c(CO)c2c1OCO2.COc1cc(C)c(OC)c2c1OCO2.COc1cc(CO)c(C#CC(C)=C(C)C)c(C)c1OC. The number of aliphatic hydroxyl groups excluding tert-OH is 2. The lowest BCUT2D eigenvalue weighted by Gasteiger charge is -2.14. The van der Waals surface area contributed by atoms with Gasteiger partial charge < -0.3 is 52.8 Å². The Morgan fingerprint density at radius 3 is 1.51 bits per heavy atom. The average Bonchev–Trinajstić information content (AvgIpc) is 3.87. The van der Waals surface area contributed by atoms with Gasteiger partial charge in [0.1, 0.15) is 0 Å². The number of hydrogen-bond donors (Lipinski definition) is 2. The molecule has 0 unspecified atom stereocenters. The first kappa shape index (κ1) is 43.8. The number of ether oxygens (including phenoxy) is 9. The third-order valence-corrected chi connectivity index (χ3v) is 9.06. The quantitative estimate of drug-likeness (QED) is 0.229. The molecule has 0 saturated heterocycles. The van der Waals surface area contributed by atoms with Crippen molar-refractivity contribution in [2.45, 2.75) is 75.5 Å². The van der Waals surface area contributed by atoms with Crippen molar-refractivity contribution in [3.05, 3.63) is 73.4 Å². The third kappa shape index (κ3) is 9.93. The van der Waals surface area contributed by atoms with Crippen LogP contribution in [0.2, 0.25) is 0 Å². The van der Waals surface area contributed by atoms with Crippen molar-refractivity contribution in [2.75, 3.05) is 49.1 Å². The van der Waals surface area contributed by atoms with E-state index in [0.29, 0.717) is 57.3 Å². The number of rotatable bonds is 7. The molecule has 0 aromatic heterocycles. The zero-order chi connectivity index (χ0) is 41.0. The van der Waals surface area contributed by atoms with Gasteiger partial charge in [0.25, 0.3) is 0 Å². The molecule has 0 saturated carbocycles. The molecule has 296 valence electrons. The summed E-state index contributed by atoms with van der Waals surface area (Å²) < 4.78 is 48.0. The van der Waals surface area contributed by atoms with Gasteiger partial charge in [0, 0.05) is 27.8 Å². The van der Waals surface area contributed by atoms with Crippen LogP contribution < -0.4 is 42.6 Å². The average molecular weight is 759 g/mol. The minimum Gasteiger partial charge on any atom is -0.493 e. The molecule has 0 atom stereocenters. The molecule has 2 aliphatic heterocycles. The monoisotopic (exact) mass is 758 g/mol. The van der Waals surface area contributed by atoms with Crippen molar-refractivity contribution in [1.29, 1.82) is 0 Å². The van der Waals surface area contributed by atoms with E-state index in [0.717, 1.165) is 44.5 Å². The molecule has 2 aliphatic rings. The van der Waals surface area contributed by atoms with E-state index < -0.39 is 0 Å². The first-order valence-electron chi connectivity index (χ1n) is 17.5. The fourth-order valence-corrected chi connectivity index (χ4v) is 5.50.